The molecule has 1 nitrogen and oxygen atoms in total. The summed E-state index contributed by atoms with van der Waals surface area (Å²) in [5.41, 5.74) is 1.53. The molecule has 2 saturated carbocycles. The summed E-state index contributed by atoms with van der Waals surface area (Å²) < 4.78 is 0. The Morgan fingerprint density at radius 3 is 2.06 bits per heavy atom. The molecule has 104 valence electrons. The minimum Gasteiger partial charge on any atom is -0.303 e. The highest BCUT2D eigenvalue weighted by atomic mass is 15.1. The zero-order chi connectivity index (χ0) is 12.6. The highest BCUT2D eigenvalue weighted by Gasteiger charge is 2.44. The second-order valence-corrected chi connectivity index (χ2v) is 7.81. The second kappa shape index (κ2) is 4.81. The Hall–Kier alpha value is -0.0400. The molecule has 0 unspecified atom stereocenters. The predicted molar refractivity (Wildman–Crippen MR) is 77.7 cm³/mol. The van der Waals surface area contributed by atoms with Gasteiger partial charge in [0.15, 0.2) is 0 Å². The van der Waals surface area contributed by atoms with E-state index in [-0.39, 0.29) is 0 Å². The fourth-order valence-corrected chi connectivity index (χ4v) is 4.33. The van der Waals surface area contributed by atoms with Crippen LogP contribution in [0.2, 0.25) is 0 Å². The monoisotopic (exact) mass is 249 g/mol. The summed E-state index contributed by atoms with van der Waals surface area (Å²) in [6.07, 6.45) is 13.5. The average molecular weight is 249 g/mol. The van der Waals surface area contributed by atoms with E-state index in [1.54, 1.807) is 0 Å². The fraction of sp³-hybridized carbons (Fsp3) is 1.00. The lowest BCUT2D eigenvalue weighted by atomic mass is 9.66. The van der Waals surface area contributed by atoms with Crippen molar-refractivity contribution in [2.45, 2.75) is 71.6 Å². The van der Waals surface area contributed by atoms with Gasteiger partial charge in [0.2, 0.25) is 0 Å². The Morgan fingerprint density at radius 2 is 1.56 bits per heavy atom. The van der Waals surface area contributed by atoms with Crippen LogP contribution >= 0.6 is 0 Å². The van der Waals surface area contributed by atoms with E-state index in [1.165, 1.54) is 77.4 Å². The Bertz CT molecular complexity index is 274. The molecular weight excluding hydrogens is 218 g/mol. The third-order valence-corrected chi connectivity index (χ3v) is 6.52. The van der Waals surface area contributed by atoms with E-state index in [0.29, 0.717) is 0 Å². The van der Waals surface area contributed by atoms with E-state index in [9.17, 15) is 0 Å². The van der Waals surface area contributed by atoms with E-state index in [4.69, 9.17) is 0 Å². The zero-order valence-electron chi connectivity index (χ0n) is 12.5. The van der Waals surface area contributed by atoms with Crippen LogP contribution in [0.4, 0.5) is 0 Å². The molecule has 1 saturated heterocycles. The van der Waals surface area contributed by atoms with Crippen molar-refractivity contribution < 1.29 is 0 Å². The second-order valence-electron chi connectivity index (χ2n) is 7.81. The Morgan fingerprint density at radius 1 is 0.944 bits per heavy atom. The number of likely N-dealkylation sites (tertiary alicyclic amines) is 1. The van der Waals surface area contributed by atoms with Crippen LogP contribution in [0.1, 0.15) is 71.6 Å². The van der Waals surface area contributed by atoms with Crippen molar-refractivity contribution in [3.8, 4) is 0 Å². The first-order chi connectivity index (χ1) is 8.65. The number of nitrogens with zero attached hydrogens (tertiary/aromatic N) is 1. The first-order valence-electron chi connectivity index (χ1n) is 8.38. The summed E-state index contributed by atoms with van der Waals surface area (Å²) in [6.45, 7) is 9.04. The van der Waals surface area contributed by atoms with Gasteiger partial charge in [-0.1, -0.05) is 26.7 Å². The van der Waals surface area contributed by atoms with Crippen molar-refractivity contribution in [2.75, 3.05) is 19.6 Å². The topological polar surface area (TPSA) is 3.24 Å². The molecular formula is C17H31N. The van der Waals surface area contributed by atoms with E-state index >= 15 is 0 Å². The third kappa shape index (κ3) is 2.61. The predicted octanol–water partition coefficient (Wildman–Crippen LogP) is 4.47. The molecule has 0 bridgehead atoms. The van der Waals surface area contributed by atoms with Gasteiger partial charge in [0, 0.05) is 6.54 Å². The molecule has 0 aromatic heterocycles. The molecule has 2 aliphatic carbocycles. The summed E-state index contributed by atoms with van der Waals surface area (Å²) in [6, 6.07) is 0. The molecule has 0 amide bonds. The normalized spacial score (nSPS) is 31.7. The first kappa shape index (κ1) is 13.0. The van der Waals surface area contributed by atoms with Crippen LogP contribution in [0, 0.1) is 16.7 Å². The summed E-state index contributed by atoms with van der Waals surface area (Å²) >= 11 is 0. The van der Waals surface area contributed by atoms with Crippen LogP contribution in [-0.2, 0) is 0 Å². The number of piperidine rings is 1. The molecule has 0 aromatic rings. The minimum absolute atomic E-state index is 0.756. The lowest BCUT2D eigenvalue weighted by Gasteiger charge is -2.46. The van der Waals surface area contributed by atoms with Gasteiger partial charge in [-0.3, -0.25) is 0 Å². The fourth-order valence-electron chi connectivity index (χ4n) is 4.33. The number of rotatable bonds is 3. The maximum Gasteiger partial charge on any atom is 0.00379 e. The van der Waals surface area contributed by atoms with Gasteiger partial charge < -0.3 is 4.90 Å². The van der Waals surface area contributed by atoms with Crippen LogP contribution in [0.5, 0.6) is 0 Å². The number of hydrogen-bond donors (Lipinski definition) is 0. The van der Waals surface area contributed by atoms with Gasteiger partial charge in [-0.2, -0.15) is 0 Å². The zero-order valence-corrected chi connectivity index (χ0v) is 12.5. The van der Waals surface area contributed by atoms with E-state index in [0.717, 1.165) is 16.7 Å². The summed E-state index contributed by atoms with van der Waals surface area (Å²) in [5, 5.41) is 0. The van der Waals surface area contributed by atoms with Gasteiger partial charge in [0.25, 0.3) is 0 Å². The van der Waals surface area contributed by atoms with Crippen LogP contribution in [-0.4, -0.2) is 24.5 Å². The average Bonchev–Trinajstić information content (AvgIpc) is 3.17. The van der Waals surface area contributed by atoms with Crippen molar-refractivity contribution in [2.24, 2.45) is 16.7 Å². The molecule has 3 aliphatic rings. The first-order valence-corrected chi connectivity index (χ1v) is 8.38. The maximum absolute atomic E-state index is 2.79. The maximum atomic E-state index is 2.79. The molecule has 0 atom stereocenters. The summed E-state index contributed by atoms with van der Waals surface area (Å²) in [7, 11) is 0. The quantitative estimate of drug-likeness (QED) is 0.713. The molecule has 1 spiro atoms. The van der Waals surface area contributed by atoms with Crippen LogP contribution < -0.4 is 0 Å². The molecule has 0 N–H and O–H groups in total. The van der Waals surface area contributed by atoms with Crippen LogP contribution in [0.25, 0.3) is 0 Å². The lowest BCUT2D eigenvalue weighted by Crippen LogP contribution is -2.43. The Kier molecular flexibility index (Phi) is 3.47. The van der Waals surface area contributed by atoms with E-state index in [2.05, 4.69) is 18.7 Å². The van der Waals surface area contributed by atoms with Crippen molar-refractivity contribution in [3.63, 3.8) is 0 Å². The smallest absolute Gasteiger partial charge is 0.00379 e. The van der Waals surface area contributed by atoms with Gasteiger partial charge in [0.05, 0.1) is 0 Å². The Labute approximate surface area is 113 Å². The highest BCUT2D eigenvalue weighted by Crippen LogP contribution is 2.51. The van der Waals surface area contributed by atoms with E-state index in [1.807, 2.05) is 0 Å². The molecule has 3 rings (SSSR count). The van der Waals surface area contributed by atoms with Gasteiger partial charge in [-0.25, -0.2) is 0 Å². The standard InChI is InChI=1S/C17H31N/c1-3-16(8-9-16)14-18-12-10-17(11-13-18)6-4-15(2)5-7-17/h15H,3-14H2,1-2H3. The molecule has 18 heavy (non-hydrogen) atoms. The summed E-state index contributed by atoms with van der Waals surface area (Å²) in [4.78, 5) is 2.79. The molecule has 3 fully saturated rings. The summed E-state index contributed by atoms with van der Waals surface area (Å²) in [5.74, 6) is 1.00. The SMILES string of the molecule is CCC1(CN2CCC3(CCC(C)CC3)CC2)CC1. The van der Waals surface area contributed by atoms with E-state index < -0.39 is 0 Å². The molecule has 1 heterocycles. The highest BCUT2D eigenvalue weighted by molar-refractivity contribution is 4.96. The lowest BCUT2D eigenvalue weighted by molar-refractivity contribution is 0.0455. The van der Waals surface area contributed by atoms with Crippen LogP contribution in [0.3, 0.4) is 0 Å². The third-order valence-electron chi connectivity index (χ3n) is 6.52. The van der Waals surface area contributed by atoms with Crippen molar-refractivity contribution in [1.29, 1.82) is 0 Å². The van der Waals surface area contributed by atoms with Gasteiger partial charge in [-0.15, -0.1) is 0 Å². The van der Waals surface area contributed by atoms with Crippen molar-refractivity contribution >= 4 is 0 Å². The van der Waals surface area contributed by atoms with Gasteiger partial charge >= 0.3 is 0 Å². The molecule has 0 radical (unpaired) electrons. The van der Waals surface area contributed by atoms with Crippen molar-refractivity contribution in [1.82, 2.24) is 4.90 Å². The van der Waals surface area contributed by atoms with Gasteiger partial charge in [-0.05, 0) is 74.8 Å². The Balaban J connectivity index is 1.49. The molecule has 1 aliphatic heterocycles. The van der Waals surface area contributed by atoms with Crippen LogP contribution in [0.15, 0.2) is 0 Å². The van der Waals surface area contributed by atoms with Gasteiger partial charge in [0.1, 0.15) is 0 Å². The molecule has 1 heteroatoms. The number of hydrogen-bond acceptors (Lipinski definition) is 1. The minimum atomic E-state index is 0.756. The van der Waals surface area contributed by atoms with Crippen molar-refractivity contribution in [3.05, 3.63) is 0 Å². The molecule has 0 aromatic carbocycles. The largest absolute Gasteiger partial charge is 0.303 e.